The molecule has 0 unspecified atom stereocenters. The molecule has 1 aromatic carbocycles. The Bertz CT molecular complexity index is 473. The molecule has 2 N–H and O–H groups in total. The van der Waals surface area contributed by atoms with Gasteiger partial charge in [-0.25, -0.2) is 0 Å². The van der Waals surface area contributed by atoms with Crippen LogP contribution in [0.25, 0.3) is 10.9 Å². The molecular weight excluding hydrogens is 198 g/mol. The van der Waals surface area contributed by atoms with Gasteiger partial charge in [-0.15, -0.1) is 0 Å². The number of nitrogen functional groups attached to an aromatic ring is 1. The van der Waals surface area contributed by atoms with Crippen LogP contribution in [0.2, 0.25) is 0 Å². The van der Waals surface area contributed by atoms with Crippen LogP contribution < -0.4 is 5.73 Å². The van der Waals surface area contributed by atoms with Gasteiger partial charge in [0, 0.05) is 17.6 Å². The van der Waals surface area contributed by atoms with Gasteiger partial charge in [0.25, 0.3) is 0 Å². The average molecular weight is 217 g/mol. The van der Waals surface area contributed by atoms with Gasteiger partial charge in [-0.2, -0.15) is 5.10 Å². The van der Waals surface area contributed by atoms with Crippen molar-refractivity contribution in [1.82, 2.24) is 9.78 Å². The summed E-state index contributed by atoms with van der Waals surface area (Å²) < 4.78 is 2.06. The third-order valence-electron chi connectivity index (χ3n) is 2.93. The Kier molecular flexibility index (Phi) is 3.13. The molecule has 0 bridgehead atoms. The second-order valence-electron chi connectivity index (χ2n) is 4.54. The predicted molar refractivity (Wildman–Crippen MR) is 68.2 cm³/mol. The van der Waals surface area contributed by atoms with Crippen molar-refractivity contribution in [2.24, 2.45) is 5.92 Å². The highest BCUT2D eigenvalue weighted by Crippen LogP contribution is 2.19. The highest BCUT2D eigenvalue weighted by atomic mass is 15.3. The van der Waals surface area contributed by atoms with E-state index in [0.29, 0.717) is 5.92 Å². The number of hydrogen-bond donors (Lipinski definition) is 1. The van der Waals surface area contributed by atoms with Crippen LogP contribution in [-0.2, 0) is 6.54 Å². The van der Waals surface area contributed by atoms with Gasteiger partial charge < -0.3 is 5.73 Å². The summed E-state index contributed by atoms with van der Waals surface area (Å²) in [5.41, 5.74) is 7.75. The smallest absolute Gasteiger partial charge is 0.0702 e. The molecule has 0 amide bonds. The first-order valence-electron chi connectivity index (χ1n) is 5.91. The van der Waals surface area contributed by atoms with Crippen LogP contribution in [0.3, 0.4) is 0 Å². The number of fused-ring (bicyclic) bond motifs is 1. The topological polar surface area (TPSA) is 43.8 Å². The van der Waals surface area contributed by atoms with Gasteiger partial charge in [-0.05, 0) is 30.5 Å². The number of benzene rings is 1. The first-order valence-corrected chi connectivity index (χ1v) is 5.91. The van der Waals surface area contributed by atoms with Crippen LogP contribution in [0, 0.1) is 5.92 Å². The molecule has 86 valence electrons. The van der Waals surface area contributed by atoms with E-state index in [-0.39, 0.29) is 0 Å². The number of aromatic nitrogens is 2. The van der Waals surface area contributed by atoms with Crippen LogP contribution in [0.15, 0.2) is 24.4 Å². The molecule has 0 spiro atoms. The Morgan fingerprint density at radius 1 is 1.44 bits per heavy atom. The minimum atomic E-state index is 0.662. The fraction of sp³-hybridized carbons (Fsp3) is 0.462. The quantitative estimate of drug-likeness (QED) is 0.800. The summed E-state index contributed by atoms with van der Waals surface area (Å²) in [7, 11) is 0. The third kappa shape index (κ3) is 2.18. The number of rotatable bonds is 4. The molecule has 2 rings (SSSR count). The molecule has 0 saturated heterocycles. The second kappa shape index (κ2) is 4.56. The van der Waals surface area contributed by atoms with Crippen molar-refractivity contribution in [3.05, 3.63) is 24.4 Å². The van der Waals surface area contributed by atoms with Crippen LogP contribution >= 0.6 is 0 Å². The zero-order valence-electron chi connectivity index (χ0n) is 9.98. The molecule has 2 aromatic rings. The zero-order chi connectivity index (χ0) is 11.5. The maximum Gasteiger partial charge on any atom is 0.0702 e. The van der Waals surface area contributed by atoms with Crippen LogP contribution in [0.5, 0.6) is 0 Å². The molecule has 3 nitrogen and oxygen atoms in total. The predicted octanol–water partition coefficient (Wildman–Crippen LogP) is 3.05. The van der Waals surface area contributed by atoms with E-state index in [9.17, 15) is 0 Å². The van der Waals surface area contributed by atoms with Crippen LogP contribution in [0.1, 0.15) is 26.7 Å². The molecule has 0 saturated carbocycles. The normalized spacial score (nSPS) is 13.1. The lowest BCUT2D eigenvalue weighted by Gasteiger charge is -2.11. The first kappa shape index (κ1) is 11.0. The van der Waals surface area contributed by atoms with Crippen molar-refractivity contribution >= 4 is 16.6 Å². The van der Waals surface area contributed by atoms with Gasteiger partial charge in [0.05, 0.1) is 11.7 Å². The number of nitrogens with two attached hydrogens (primary N) is 1. The minimum absolute atomic E-state index is 0.662. The summed E-state index contributed by atoms with van der Waals surface area (Å²) in [4.78, 5) is 0. The molecule has 0 aliphatic heterocycles. The molecule has 0 fully saturated rings. The van der Waals surface area contributed by atoms with E-state index < -0.39 is 0 Å². The molecule has 1 atom stereocenters. The maximum absolute atomic E-state index is 5.80. The summed E-state index contributed by atoms with van der Waals surface area (Å²) >= 11 is 0. The summed E-state index contributed by atoms with van der Waals surface area (Å²) in [5.74, 6) is 0.662. The van der Waals surface area contributed by atoms with Crippen molar-refractivity contribution in [2.75, 3.05) is 5.73 Å². The van der Waals surface area contributed by atoms with Crippen molar-refractivity contribution in [1.29, 1.82) is 0 Å². The maximum atomic E-state index is 5.80. The second-order valence-corrected chi connectivity index (χ2v) is 4.54. The van der Waals surface area contributed by atoms with Crippen molar-refractivity contribution in [2.45, 2.75) is 33.2 Å². The molecular formula is C13H19N3. The summed E-state index contributed by atoms with van der Waals surface area (Å²) in [6.07, 6.45) is 4.37. The van der Waals surface area contributed by atoms with Gasteiger partial charge >= 0.3 is 0 Å². The molecule has 0 radical (unpaired) electrons. The number of anilines is 1. The van der Waals surface area contributed by atoms with E-state index >= 15 is 0 Å². The highest BCUT2D eigenvalue weighted by Gasteiger charge is 2.06. The van der Waals surface area contributed by atoms with E-state index in [1.165, 1.54) is 12.8 Å². The Labute approximate surface area is 96.2 Å². The minimum Gasteiger partial charge on any atom is -0.399 e. The number of hydrogen-bond acceptors (Lipinski definition) is 2. The van der Waals surface area contributed by atoms with Gasteiger partial charge in [-0.1, -0.05) is 20.3 Å². The van der Waals surface area contributed by atoms with Crippen molar-refractivity contribution in [3.8, 4) is 0 Å². The fourth-order valence-electron chi connectivity index (χ4n) is 2.11. The van der Waals surface area contributed by atoms with E-state index in [4.69, 9.17) is 5.73 Å². The van der Waals surface area contributed by atoms with Crippen LogP contribution in [0.4, 0.5) is 5.69 Å². The van der Waals surface area contributed by atoms with Crippen molar-refractivity contribution < 1.29 is 0 Å². The van der Waals surface area contributed by atoms with Gasteiger partial charge in [0.2, 0.25) is 0 Å². The Morgan fingerprint density at radius 2 is 2.25 bits per heavy atom. The Morgan fingerprint density at radius 3 is 3.00 bits per heavy atom. The number of nitrogens with zero attached hydrogens (tertiary/aromatic N) is 2. The molecule has 1 aromatic heterocycles. The Hall–Kier alpha value is -1.51. The van der Waals surface area contributed by atoms with Gasteiger partial charge in [-0.3, -0.25) is 4.68 Å². The average Bonchev–Trinajstić information content (AvgIpc) is 2.61. The SMILES string of the molecule is CCC[C@@H](C)Cn1ncc2ccc(N)cc21. The lowest BCUT2D eigenvalue weighted by atomic mass is 10.1. The largest absolute Gasteiger partial charge is 0.399 e. The first-order chi connectivity index (χ1) is 7.70. The molecule has 16 heavy (non-hydrogen) atoms. The van der Waals surface area contributed by atoms with E-state index in [0.717, 1.165) is 23.1 Å². The lowest BCUT2D eigenvalue weighted by molar-refractivity contribution is 0.428. The standard InChI is InChI=1S/C13H19N3/c1-3-4-10(2)9-16-13-7-12(14)6-5-11(13)8-15-16/h5-8,10H,3-4,9,14H2,1-2H3/t10-/m1/s1. The summed E-state index contributed by atoms with van der Waals surface area (Å²) in [6, 6.07) is 5.95. The molecule has 0 aliphatic rings. The summed E-state index contributed by atoms with van der Waals surface area (Å²) in [5, 5.41) is 5.58. The van der Waals surface area contributed by atoms with E-state index in [2.05, 4.69) is 23.6 Å². The molecule has 1 heterocycles. The molecule has 3 heteroatoms. The van der Waals surface area contributed by atoms with Crippen LogP contribution in [-0.4, -0.2) is 9.78 Å². The van der Waals surface area contributed by atoms with Gasteiger partial charge in [0.15, 0.2) is 0 Å². The highest BCUT2D eigenvalue weighted by molar-refractivity contribution is 5.81. The fourth-order valence-corrected chi connectivity index (χ4v) is 2.11. The van der Waals surface area contributed by atoms with Gasteiger partial charge in [0.1, 0.15) is 0 Å². The van der Waals surface area contributed by atoms with E-state index in [1.54, 1.807) is 0 Å². The third-order valence-corrected chi connectivity index (χ3v) is 2.93. The zero-order valence-corrected chi connectivity index (χ0v) is 9.98. The van der Waals surface area contributed by atoms with Crippen molar-refractivity contribution in [3.63, 3.8) is 0 Å². The monoisotopic (exact) mass is 217 g/mol. The lowest BCUT2D eigenvalue weighted by Crippen LogP contribution is -2.08. The molecule has 0 aliphatic carbocycles. The summed E-state index contributed by atoms with van der Waals surface area (Å²) in [6.45, 7) is 5.46. The van der Waals surface area contributed by atoms with E-state index in [1.807, 2.05) is 24.4 Å². The Balaban J connectivity index is 2.27.